The average molecular weight is 1140 g/mol. The molecule has 0 aliphatic carbocycles. The van der Waals surface area contributed by atoms with Crippen LogP contribution in [0.3, 0.4) is 0 Å². The van der Waals surface area contributed by atoms with E-state index in [-0.39, 0.29) is 87.0 Å². The Morgan fingerprint density at radius 3 is 2.28 bits per heavy atom. The molecule has 0 saturated carbocycles. The molecule has 438 valence electrons. The van der Waals surface area contributed by atoms with Crippen molar-refractivity contribution in [2.75, 3.05) is 44.7 Å². The topological polar surface area (TPSA) is 277 Å². The van der Waals surface area contributed by atoms with Crippen molar-refractivity contribution in [3.63, 3.8) is 0 Å². The molecule has 3 aromatic carbocycles. The highest BCUT2D eigenvalue weighted by Gasteiger charge is 2.57. The van der Waals surface area contributed by atoms with Crippen molar-refractivity contribution in [1.82, 2.24) is 40.2 Å². The van der Waals surface area contributed by atoms with Gasteiger partial charge in [0.05, 0.1) is 24.3 Å². The van der Waals surface area contributed by atoms with E-state index in [0.29, 0.717) is 62.4 Å². The summed E-state index contributed by atoms with van der Waals surface area (Å²) >= 11 is 0. The molecule has 9 amide bonds. The normalized spacial score (nSPS) is 20.1. The van der Waals surface area contributed by atoms with E-state index in [1.165, 1.54) is 29.2 Å². The summed E-state index contributed by atoms with van der Waals surface area (Å²) in [5.74, 6) is -5.94. The van der Waals surface area contributed by atoms with Gasteiger partial charge in [-0.3, -0.25) is 38.6 Å². The number of unbranched alkanes of at least 4 members (excludes halogenated alkanes) is 2. The van der Waals surface area contributed by atoms with Crippen molar-refractivity contribution < 1.29 is 66.1 Å². The van der Waals surface area contributed by atoms with E-state index in [2.05, 4.69) is 21.3 Å². The number of primary amides is 1. The highest BCUT2D eigenvalue weighted by atomic mass is 19.1. The third-order valence-corrected chi connectivity index (χ3v) is 15.3. The molecular weight excluding hydrogens is 1070 g/mol. The Labute approximate surface area is 472 Å². The number of imide groups is 1. The Hall–Kier alpha value is -8.12. The predicted molar refractivity (Wildman–Crippen MR) is 291 cm³/mol. The fraction of sp³-hybridized carbons (Fsp3) is 0.466. The second-order valence-electron chi connectivity index (χ2n) is 21.4. The zero-order valence-corrected chi connectivity index (χ0v) is 45.6. The Balaban J connectivity index is 0.892. The van der Waals surface area contributed by atoms with E-state index in [1.807, 2.05) is 30.3 Å². The van der Waals surface area contributed by atoms with Gasteiger partial charge in [0.25, 0.3) is 17.7 Å². The number of imidazole rings is 1. The number of halogens is 3. The lowest BCUT2D eigenvalue weighted by Crippen LogP contribution is -2.61. The minimum Gasteiger partial charge on any atom is -0.445 e. The number of nitrogens with zero attached hydrogens (tertiary/aromatic N) is 5. The number of alkyl halides is 1. The Morgan fingerprint density at radius 2 is 1.59 bits per heavy atom. The van der Waals surface area contributed by atoms with E-state index in [1.54, 1.807) is 36.7 Å². The van der Waals surface area contributed by atoms with Crippen molar-refractivity contribution >= 4 is 53.3 Å². The number of rotatable bonds is 24. The summed E-state index contributed by atoms with van der Waals surface area (Å²) in [5, 5.41) is 22.5. The van der Waals surface area contributed by atoms with Crippen molar-refractivity contribution in [1.29, 1.82) is 0 Å². The number of benzene rings is 3. The van der Waals surface area contributed by atoms with Gasteiger partial charge in [0, 0.05) is 81.3 Å². The van der Waals surface area contributed by atoms with Crippen LogP contribution in [-0.2, 0) is 51.4 Å². The molecule has 82 heavy (non-hydrogen) atoms. The Kier molecular flexibility index (Phi) is 20.2. The molecule has 8 rings (SSSR count). The summed E-state index contributed by atoms with van der Waals surface area (Å²) in [6, 6.07) is 13.5. The van der Waals surface area contributed by atoms with Gasteiger partial charge in [0.15, 0.2) is 6.10 Å². The Bertz CT molecular complexity index is 2980. The molecule has 3 saturated heterocycles. The summed E-state index contributed by atoms with van der Waals surface area (Å²) < 4.78 is 59.4. The molecule has 0 spiro atoms. The van der Waals surface area contributed by atoms with E-state index in [4.69, 9.17) is 20.2 Å². The molecule has 4 aliphatic rings. The number of likely N-dealkylation sites (tertiary alicyclic amines) is 2. The van der Waals surface area contributed by atoms with Crippen LogP contribution in [0, 0.1) is 29.4 Å². The van der Waals surface area contributed by atoms with E-state index >= 15 is 8.78 Å². The van der Waals surface area contributed by atoms with Crippen LogP contribution in [0.2, 0.25) is 0 Å². The van der Waals surface area contributed by atoms with Gasteiger partial charge in [-0.15, -0.1) is 0 Å². The van der Waals surface area contributed by atoms with Crippen molar-refractivity contribution in [3.05, 3.63) is 120 Å². The largest absolute Gasteiger partial charge is 0.445 e. The molecule has 7 atom stereocenters. The third-order valence-electron chi connectivity index (χ3n) is 15.3. The average Bonchev–Trinajstić information content (AvgIpc) is 4.34. The lowest BCUT2D eigenvalue weighted by atomic mass is 9.84. The molecule has 1 unspecified atom stereocenters. The van der Waals surface area contributed by atoms with Crippen LogP contribution in [0.4, 0.5) is 28.4 Å². The standard InChI is InChI=1S/C58H69F3N10O11/c1-34(2)49(67-46(72)13-7-4-8-25-69-47(73)20-21-48(69)74)55(77)66-44(12-9-24-63-57(62)79)54(76)64-39-17-14-36(15-18-39)33-82-58(80)71-31-43(61)41-30-70(56(78)52(75)51(41)71)50(37-22-26-81-27-23-37)53-65-45(40-28-38(59)16-19-42(40)60)32-68(53)29-35-10-5-3-6-11-35/h3,5-6,10-11,14-21,28,32,34,37,41,43-44,49-52,75H,4,7-9,12-13,22-27,29-31,33H2,1-2H3,(H,64,76)(H,66,77)(H,67,72)(H3,62,63,79)/t41-,43-,44-,49-,50+,51?,52-/m0/s1. The third kappa shape index (κ3) is 14.9. The quantitative estimate of drug-likeness (QED) is 0.0399. The molecular formula is C58H69F3N10O11. The summed E-state index contributed by atoms with van der Waals surface area (Å²) in [7, 11) is 0. The minimum absolute atomic E-state index is 0.0659. The van der Waals surface area contributed by atoms with Crippen molar-refractivity contribution in [2.24, 2.45) is 23.5 Å². The zero-order chi connectivity index (χ0) is 58.6. The number of urea groups is 1. The maximum atomic E-state index is 16.4. The predicted octanol–water partition coefficient (Wildman–Crippen LogP) is 5.02. The van der Waals surface area contributed by atoms with Gasteiger partial charge in [-0.05, 0) is 91.8 Å². The maximum absolute atomic E-state index is 16.4. The summed E-state index contributed by atoms with van der Waals surface area (Å²) in [4.78, 5) is 112. The van der Waals surface area contributed by atoms with Gasteiger partial charge < -0.3 is 51.0 Å². The van der Waals surface area contributed by atoms with E-state index < -0.39 is 96.3 Å². The lowest BCUT2D eigenvalue weighted by molar-refractivity contribution is -0.157. The highest BCUT2D eigenvalue weighted by Crippen LogP contribution is 2.43. The van der Waals surface area contributed by atoms with Crippen LogP contribution in [0.25, 0.3) is 11.3 Å². The molecule has 4 aliphatic heterocycles. The molecule has 24 heteroatoms. The number of nitrogens with one attached hydrogen (secondary N) is 4. The molecule has 21 nitrogen and oxygen atoms in total. The first-order valence-corrected chi connectivity index (χ1v) is 27.6. The number of hydrogen-bond donors (Lipinski definition) is 6. The van der Waals surface area contributed by atoms with E-state index in [9.17, 15) is 47.9 Å². The monoisotopic (exact) mass is 1140 g/mol. The lowest BCUT2D eigenvalue weighted by Gasteiger charge is -2.46. The Morgan fingerprint density at radius 1 is 0.866 bits per heavy atom. The molecule has 4 aromatic rings. The number of piperidine rings is 1. The number of fused-ring (bicyclic) bond motifs is 1. The van der Waals surface area contributed by atoms with Crippen molar-refractivity contribution in [3.8, 4) is 11.3 Å². The number of aliphatic hydroxyl groups excluding tert-OH is 1. The molecule has 0 radical (unpaired) electrons. The summed E-state index contributed by atoms with van der Waals surface area (Å²) in [5.41, 5.74) is 6.86. The van der Waals surface area contributed by atoms with Gasteiger partial charge in [-0.1, -0.05) is 62.7 Å². The van der Waals surface area contributed by atoms with Gasteiger partial charge in [0.1, 0.15) is 42.3 Å². The van der Waals surface area contributed by atoms with Crippen LogP contribution in [0.1, 0.15) is 88.2 Å². The van der Waals surface area contributed by atoms with Crippen molar-refractivity contribution in [2.45, 2.75) is 115 Å². The van der Waals surface area contributed by atoms with Crippen LogP contribution in [0.5, 0.6) is 0 Å². The number of carbonyl (C=O) groups is 8. The first kappa shape index (κ1) is 60.0. The van der Waals surface area contributed by atoms with Crippen LogP contribution in [-0.4, -0.2) is 147 Å². The fourth-order valence-electron chi connectivity index (χ4n) is 11.0. The van der Waals surface area contributed by atoms with Gasteiger partial charge in [0.2, 0.25) is 17.7 Å². The summed E-state index contributed by atoms with van der Waals surface area (Å²) in [6.45, 7) is 3.75. The zero-order valence-electron chi connectivity index (χ0n) is 45.6. The first-order valence-electron chi connectivity index (χ1n) is 27.6. The number of nitrogens with two attached hydrogens (primary N) is 1. The second-order valence-corrected chi connectivity index (χ2v) is 21.4. The fourth-order valence-corrected chi connectivity index (χ4v) is 11.0. The number of anilines is 1. The molecule has 1 aromatic heterocycles. The smallest absolute Gasteiger partial charge is 0.410 e. The van der Waals surface area contributed by atoms with Gasteiger partial charge in [-0.2, -0.15) is 0 Å². The van der Waals surface area contributed by atoms with Gasteiger partial charge in [-0.25, -0.2) is 27.7 Å². The molecule has 5 heterocycles. The van der Waals surface area contributed by atoms with E-state index in [0.717, 1.165) is 33.6 Å². The maximum Gasteiger partial charge on any atom is 0.410 e. The molecule has 3 fully saturated rings. The second kappa shape index (κ2) is 27.6. The number of aliphatic hydroxyl groups is 1. The van der Waals surface area contributed by atoms with Gasteiger partial charge >= 0.3 is 12.1 Å². The molecule has 0 bridgehead atoms. The first-order chi connectivity index (χ1) is 39.4. The number of carbonyl (C=O) groups excluding carboxylic acids is 8. The number of aromatic nitrogens is 2. The minimum atomic E-state index is -1.87. The van der Waals surface area contributed by atoms with Crippen LogP contribution in [0.15, 0.2) is 91.1 Å². The molecule has 7 N–H and O–H groups in total. The number of amides is 9. The number of ether oxygens (including phenoxy) is 2. The number of hydrogen-bond acceptors (Lipinski definition) is 12. The van der Waals surface area contributed by atoms with Crippen LogP contribution < -0.4 is 27.0 Å². The summed E-state index contributed by atoms with van der Waals surface area (Å²) in [6.07, 6.45) is 2.30. The SMILES string of the molecule is CC(C)[C@H](NC(=O)CCCCCN1C(=O)C=CC1=O)C(=O)N[C@@H](CCCNC(N)=O)C(=O)Nc1ccc(COC(=O)N2C[C@H](F)[C@@H]3CN([C@@H](c4nc(-c5cc(F)ccc5F)cn4Cc4ccccc4)C4CCOCC4)C(=O)[C@@H](O)C32)cc1. The van der Waals surface area contributed by atoms with Crippen LogP contribution >= 0.6 is 0 Å². The highest BCUT2D eigenvalue weighted by molar-refractivity contribution is 6.12.